The van der Waals surface area contributed by atoms with Crippen LogP contribution in [0, 0.1) is 5.41 Å². The molecule has 0 saturated carbocycles. The number of thiazole rings is 1. The number of para-hydroxylation sites is 1. The SMILES string of the molecule is CC(C)(C)C(=O)NCCCC(=O)NCc1ccc(-c2nc3ccccc3s2)o1. The molecule has 28 heavy (non-hydrogen) atoms. The molecule has 0 saturated heterocycles. The molecule has 0 aliphatic heterocycles. The third kappa shape index (κ3) is 5.19. The van der Waals surface area contributed by atoms with Crippen LogP contribution in [0.2, 0.25) is 0 Å². The van der Waals surface area contributed by atoms with E-state index in [4.69, 9.17) is 4.42 Å². The maximum Gasteiger partial charge on any atom is 0.225 e. The van der Waals surface area contributed by atoms with Crippen molar-refractivity contribution < 1.29 is 14.0 Å². The molecule has 7 heteroatoms. The van der Waals surface area contributed by atoms with Gasteiger partial charge in [0.25, 0.3) is 0 Å². The Balaban J connectivity index is 1.44. The highest BCUT2D eigenvalue weighted by Gasteiger charge is 2.20. The van der Waals surface area contributed by atoms with Gasteiger partial charge in [0, 0.05) is 18.4 Å². The molecule has 3 aromatic rings. The molecule has 0 unspecified atom stereocenters. The van der Waals surface area contributed by atoms with Crippen molar-refractivity contribution in [2.75, 3.05) is 6.54 Å². The van der Waals surface area contributed by atoms with Crippen LogP contribution in [0.25, 0.3) is 21.0 Å². The summed E-state index contributed by atoms with van der Waals surface area (Å²) in [6.07, 6.45) is 0.957. The fourth-order valence-corrected chi connectivity index (χ4v) is 3.48. The van der Waals surface area contributed by atoms with Gasteiger partial charge in [-0.05, 0) is 30.7 Å². The number of carbonyl (C=O) groups excluding carboxylic acids is 2. The van der Waals surface area contributed by atoms with E-state index in [2.05, 4.69) is 15.6 Å². The number of rotatable bonds is 7. The van der Waals surface area contributed by atoms with E-state index in [1.807, 2.05) is 57.2 Å². The number of benzene rings is 1. The van der Waals surface area contributed by atoms with Crippen molar-refractivity contribution in [1.29, 1.82) is 0 Å². The monoisotopic (exact) mass is 399 g/mol. The molecular formula is C21H25N3O3S. The number of furan rings is 1. The van der Waals surface area contributed by atoms with Crippen LogP contribution in [0.15, 0.2) is 40.8 Å². The van der Waals surface area contributed by atoms with Crippen LogP contribution in [0.4, 0.5) is 0 Å². The first-order valence-corrected chi connectivity index (χ1v) is 10.1. The van der Waals surface area contributed by atoms with Gasteiger partial charge in [0.1, 0.15) is 5.76 Å². The van der Waals surface area contributed by atoms with E-state index in [-0.39, 0.29) is 11.8 Å². The summed E-state index contributed by atoms with van der Waals surface area (Å²) in [4.78, 5) is 28.3. The van der Waals surface area contributed by atoms with E-state index < -0.39 is 5.41 Å². The van der Waals surface area contributed by atoms with Crippen molar-refractivity contribution in [2.45, 2.75) is 40.2 Å². The van der Waals surface area contributed by atoms with Crippen molar-refractivity contribution in [2.24, 2.45) is 5.41 Å². The van der Waals surface area contributed by atoms with Crippen LogP contribution in [0.3, 0.4) is 0 Å². The molecule has 1 aromatic carbocycles. The smallest absolute Gasteiger partial charge is 0.225 e. The van der Waals surface area contributed by atoms with Crippen molar-refractivity contribution in [3.05, 3.63) is 42.2 Å². The molecule has 2 N–H and O–H groups in total. The number of amides is 2. The molecule has 0 atom stereocenters. The minimum atomic E-state index is -0.414. The fraction of sp³-hybridized carbons (Fsp3) is 0.381. The van der Waals surface area contributed by atoms with Crippen molar-refractivity contribution >= 4 is 33.4 Å². The second kappa shape index (κ2) is 8.56. The molecule has 3 rings (SSSR count). The third-order valence-corrected chi connectivity index (χ3v) is 5.22. The topological polar surface area (TPSA) is 84.2 Å². The van der Waals surface area contributed by atoms with Crippen molar-refractivity contribution in [3.63, 3.8) is 0 Å². The van der Waals surface area contributed by atoms with Gasteiger partial charge in [0.05, 0.1) is 16.8 Å². The Morgan fingerprint density at radius 3 is 2.64 bits per heavy atom. The highest BCUT2D eigenvalue weighted by molar-refractivity contribution is 7.21. The van der Waals surface area contributed by atoms with Crippen LogP contribution in [-0.4, -0.2) is 23.3 Å². The van der Waals surface area contributed by atoms with Gasteiger partial charge in [-0.15, -0.1) is 11.3 Å². The highest BCUT2D eigenvalue weighted by Crippen LogP contribution is 2.31. The Kier molecular flexibility index (Phi) is 6.14. The highest BCUT2D eigenvalue weighted by atomic mass is 32.1. The van der Waals surface area contributed by atoms with Gasteiger partial charge in [0.15, 0.2) is 10.8 Å². The number of hydrogen-bond acceptors (Lipinski definition) is 5. The number of nitrogens with one attached hydrogen (secondary N) is 2. The lowest BCUT2D eigenvalue weighted by molar-refractivity contribution is -0.128. The summed E-state index contributed by atoms with van der Waals surface area (Å²) in [7, 11) is 0. The van der Waals surface area contributed by atoms with E-state index in [0.29, 0.717) is 37.5 Å². The lowest BCUT2D eigenvalue weighted by Crippen LogP contribution is -2.35. The van der Waals surface area contributed by atoms with Crippen LogP contribution < -0.4 is 10.6 Å². The molecule has 0 fully saturated rings. The molecule has 2 amide bonds. The van der Waals surface area contributed by atoms with Crippen LogP contribution in [0.5, 0.6) is 0 Å². The number of nitrogens with zero attached hydrogens (tertiary/aromatic N) is 1. The van der Waals surface area contributed by atoms with Gasteiger partial charge in [-0.25, -0.2) is 4.98 Å². The molecule has 0 aliphatic rings. The summed E-state index contributed by atoms with van der Waals surface area (Å²) >= 11 is 1.58. The van der Waals surface area contributed by atoms with Gasteiger partial charge in [0.2, 0.25) is 11.8 Å². The molecule has 2 heterocycles. The Hall–Kier alpha value is -2.67. The number of hydrogen-bond donors (Lipinski definition) is 2. The molecule has 148 valence electrons. The van der Waals surface area contributed by atoms with Crippen LogP contribution >= 0.6 is 11.3 Å². The Bertz CT molecular complexity index is 936. The standard InChI is InChI=1S/C21H25N3O3S/c1-21(2,3)20(26)22-12-6-9-18(25)23-13-14-10-11-16(27-14)19-24-15-7-4-5-8-17(15)28-19/h4-5,7-8,10-11H,6,9,12-13H2,1-3H3,(H,22,26)(H,23,25). The summed E-state index contributed by atoms with van der Waals surface area (Å²) in [5.74, 6) is 1.31. The van der Waals surface area contributed by atoms with Gasteiger partial charge in [-0.2, -0.15) is 0 Å². The maximum absolute atomic E-state index is 12.0. The Labute approximate surface area is 168 Å². The minimum Gasteiger partial charge on any atom is -0.457 e. The second-order valence-electron chi connectivity index (χ2n) is 7.64. The summed E-state index contributed by atoms with van der Waals surface area (Å²) in [5.41, 5.74) is 0.537. The van der Waals surface area contributed by atoms with Crippen LogP contribution in [0.1, 0.15) is 39.4 Å². The van der Waals surface area contributed by atoms with Crippen molar-refractivity contribution in [3.8, 4) is 10.8 Å². The van der Waals surface area contributed by atoms with E-state index in [1.54, 1.807) is 11.3 Å². The number of carbonyl (C=O) groups is 2. The molecule has 6 nitrogen and oxygen atoms in total. The third-order valence-electron chi connectivity index (χ3n) is 4.17. The van der Waals surface area contributed by atoms with Gasteiger partial charge in [-0.1, -0.05) is 32.9 Å². The average Bonchev–Trinajstić information content (AvgIpc) is 3.28. The van der Waals surface area contributed by atoms with Gasteiger partial charge < -0.3 is 15.1 Å². The zero-order valence-corrected chi connectivity index (χ0v) is 17.2. The number of aromatic nitrogens is 1. The van der Waals surface area contributed by atoms with E-state index >= 15 is 0 Å². The fourth-order valence-electron chi connectivity index (χ4n) is 2.56. The average molecular weight is 400 g/mol. The molecule has 0 spiro atoms. The van der Waals surface area contributed by atoms with E-state index in [0.717, 1.165) is 15.2 Å². The zero-order valence-electron chi connectivity index (χ0n) is 16.4. The molecular weight excluding hydrogens is 374 g/mol. The first kappa shape index (κ1) is 20.1. The van der Waals surface area contributed by atoms with Gasteiger partial charge >= 0.3 is 0 Å². The molecule has 0 radical (unpaired) electrons. The Morgan fingerprint density at radius 2 is 1.89 bits per heavy atom. The lowest BCUT2D eigenvalue weighted by atomic mass is 9.96. The number of fused-ring (bicyclic) bond motifs is 1. The predicted octanol–water partition coefficient (Wildman–Crippen LogP) is 4.12. The first-order valence-electron chi connectivity index (χ1n) is 9.32. The summed E-state index contributed by atoms with van der Waals surface area (Å²) in [5, 5.41) is 6.51. The van der Waals surface area contributed by atoms with Crippen LogP contribution in [-0.2, 0) is 16.1 Å². The predicted molar refractivity (Wildman–Crippen MR) is 111 cm³/mol. The quantitative estimate of drug-likeness (QED) is 0.586. The second-order valence-corrected chi connectivity index (χ2v) is 8.67. The normalized spacial score (nSPS) is 11.5. The summed E-state index contributed by atoms with van der Waals surface area (Å²) in [6.45, 7) is 6.41. The lowest BCUT2D eigenvalue weighted by Gasteiger charge is -2.17. The summed E-state index contributed by atoms with van der Waals surface area (Å²) in [6, 6.07) is 11.7. The summed E-state index contributed by atoms with van der Waals surface area (Å²) < 4.78 is 6.93. The van der Waals surface area contributed by atoms with E-state index in [1.165, 1.54) is 0 Å². The molecule has 0 bridgehead atoms. The van der Waals surface area contributed by atoms with Gasteiger partial charge in [-0.3, -0.25) is 9.59 Å². The van der Waals surface area contributed by atoms with Crippen molar-refractivity contribution in [1.82, 2.24) is 15.6 Å². The van der Waals surface area contributed by atoms with E-state index in [9.17, 15) is 9.59 Å². The maximum atomic E-state index is 12.0. The largest absolute Gasteiger partial charge is 0.457 e. The zero-order chi connectivity index (χ0) is 20.1. The molecule has 2 aromatic heterocycles. The first-order chi connectivity index (χ1) is 13.3. The Morgan fingerprint density at radius 1 is 1.11 bits per heavy atom. The minimum absolute atomic E-state index is 0.00845. The molecule has 0 aliphatic carbocycles.